The van der Waals surface area contributed by atoms with E-state index in [1.165, 1.54) is 0 Å². The van der Waals surface area contributed by atoms with Crippen LogP contribution in [0.5, 0.6) is 0 Å². The van der Waals surface area contributed by atoms with Crippen molar-refractivity contribution in [3.63, 3.8) is 0 Å². The van der Waals surface area contributed by atoms with Gasteiger partial charge in [0, 0.05) is 16.5 Å². The molecule has 0 amide bonds. The van der Waals surface area contributed by atoms with Crippen LogP contribution >= 0.6 is 11.8 Å². The van der Waals surface area contributed by atoms with Gasteiger partial charge in [0.15, 0.2) is 0 Å². The summed E-state index contributed by atoms with van der Waals surface area (Å²) in [4.78, 5) is 10.9. The van der Waals surface area contributed by atoms with Crippen LogP contribution in [0.15, 0.2) is 0 Å². The molecule has 1 aliphatic heterocycles. The van der Waals surface area contributed by atoms with Gasteiger partial charge < -0.3 is 10.4 Å². The third kappa shape index (κ3) is 2.88. The van der Waals surface area contributed by atoms with Crippen LogP contribution in [0, 0.1) is 0 Å². The van der Waals surface area contributed by atoms with Crippen LogP contribution in [0.1, 0.15) is 27.2 Å². The van der Waals surface area contributed by atoms with Crippen LogP contribution in [0.4, 0.5) is 0 Å². The van der Waals surface area contributed by atoms with E-state index in [0.29, 0.717) is 11.3 Å². The first-order valence-corrected chi connectivity index (χ1v) is 5.59. The maximum absolute atomic E-state index is 10.9. The Labute approximate surface area is 83.3 Å². The van der Waals surface area contributed by atoms with Crippen LogP contribution < -0.4 is 5.32 Å². The molecular weight excluding hydrogens is 186 g/mol. The van der Waals surface area contributed by atoms with Crippen molar-refractivity contribution in [2.45, 2.75) is 49.8 Å². The minimum atomic E-state index is -0.735. The van der Waals surface area contributed by atoms with Crippen LogP contribution in [0.2, 0.25) is 0 Å². The quantitative estimate of drug-likeness (QED) is 0.675. The summed E-state index contributed by atoms with van der Waals surface area (Å²) < 4.78 is 0. The molecule has 0 aromatic carbocycles. The molecule has 1 aliphatic rings. The molecule has 1 fully saturated rings. The lowest BCUT2D eigenvalue weighted by atomic mass is 10.1. The molecule has 0 radical (unpaired) electrons. The Balaban J connectivity index is 2.68. The van der Waals surface area contributed by atoms with E-state index in [2.05, 4.69) is 12.2 Å². The summed E-state index contributed by atoms with van der Waals surface area (Å²) in [6.45, 7) is 6.18. The molecule has 4 unspecified atom stereocenters. The molecule has 1 heterocycles. The molecule has 1 saturated heterocycles. The minimum Gasteiger partial charge on any atom is -0.480 e. The van der Waals surface area contributed by atoms with E-state index >= 15 is 0 Å². The summed E-state index contributed by atoms with van der Waals surface area (Å²) in [5.74, 6) is -0.735. The Morgan fingerprint density at radius 3 is 2.62 bits per heavy atom. The van der Waals surface area contributed by atoms with Gasteiger partial charge in [-0.25, -0.2) is 0 Å². The maximum Gasteiger partial charge on any atom is 0.321 e. The van der Waals surface area contributed by atoms with Gasteiger partial charge in [-0.1, -0.05) is 13.8 Å². The average Bonchev–Trinajstić information content (AvgIpc) is 2.09. The first-order chi connectivity index (χ1) is 6.00. The van der Waals surface area contributed by atoms with Crippen molar-refractivity contribution in [1.29, 1.82) is 0 Å². The monoisotopic (exact) mass is 203 g/mol. The number of thioether (sulfide) groups is 1. The number of hydrogen-bond acceptors (Lipinski definition) is 3. The predicted octanol–water partition coefficient (Wildman–Crippen LogP) is 1.33. The van der Waals surface area contributed by atoms with E-state index in [1.54, 1.807) is 11.8 Å². The summed E-state index contributed by atoms with van der Waals surface area (Å²) in [7, 11) is 0. The molecule has 13 heavy (non-hydrogen) atoms. The van der Waals surface area contributed by atoms with Crippen molar-refractivity contribution in [2.24, 2.45) is 0 Å². The molecule has 0 aromatic rings. The summed E-state index contributed by atoms with van der Waals surface area (Å²) in [5.41, 5.74) is 0. The fraction of sp³-hybridized carbons (Fsp3) is 0.889. The number of carboxylic acids is 1. The third-order valence-corrected chi connectivity index (χ3v) is 3.69. The molecule has 0 bridgehead atoms. The van der Waals surface area contributed by atoms with Crippen molar-refractivity contribution in [3.05, 3.63) is 0 Å². The summed E-state index contributed by atoms with van der Waals surface area (Å²) in [6, 6.07) is -0.0986. The van der Waals surface area contributed by atoms with Gasteiger partial charge in [-0.3, -0.25) is 4.79 Å². The molecule has 0 aromatic heterocycles. The van der Waals surface area contributed by atoms with Gasteiger partial charge in [-0.15, -0.1) is 0 Å². The summed E-state index contributed by atoms with van der Waals surface area (Å²) >= 11 is 1.76. The molecule has 4 heteroatoms. The lowest BCUT2D eigenvalue weighted by Gasteiger charge is -2.19. The molecule has 4 atom stereocenters. The van der Waals surface area contributed by atoms with E-state index in [-0.39, 0.29) is 5.25 Å². The lowest BCUT2D eigenvalue weighted by molar-refractivity contribution is -0.139. The van der Waals surface area contributed by atoms with Gasteiger partial charge in [0.05, 0.1) is 0 Å². The van der Waals surface area contributed by atoms with E-state index in [0.717, 1.165) is 6.42 Å². The van der Waals surface area contributed by atoms with E-state index in [4.69, 9.17) is 5.11 Å². The summed E-state index contributed by atoms with van der Waals surface area (Å²) in [6.07, 6.45) is 1.04. The number of carbonyl (C=O) groups is 1. The zero-order valence-electron chi connectivity index (χ0n) is 8.28. The first-order valence-electron chi connectivity index (χ1n) is 4.65. The smallest absolute Gasteiger partial charge is 0.321 e. The molecule has 0 spiro atoms. The van der Waals surface area contributed by atoms with Crippen molar-refractivity contribution in [2.75, 3.05) is 0 Å². The second-order valence-electron chi connectivity index (χ2n) is 3.77. The zero-order chi connectivity index (χ0) is 10.0. The van der Waals surface area contributed by atoms with Gasteiger partial charge in [-0.05, 0) is 13.3 Å². The number of rotatable bonds is 1. The Morgan fingerprint density at radius 1 is 1.46 bits per heavy atom. The molecule has 2 N–H and O–H groups in total. The average molecular weight is 203 g/mol. The molecule has 0 saturated carbocycles. The molecular formula is C9H17NO2S. The Hall–Kier alpha value is -0.220. The fourth-order valence-corrected chi connectivity index (χ4v) is 3.27. The SMILES string of the molecule is CC1CC(C)SC(C)C(C(=O)O)N1. The fourth-order valence-electron chi connectivity index (χ4n) is 1.78. The van der Waals surface area contributed by atoms with Gasteiger partial charge in [0.1, 0.15) is 6.04 Å². The van der Waals surface area contributed by atoms with Crippen LogP contribution in [-0.4, -0.2) is 33.7 Å². The van der Waals surface area contributed by atoms with Gasteiger partial charge in [0.2, 0.25) is 0 Å². The largest absolute Gasteiger partial charge is 0.480 e. The van der Waals surface area contributed by atoms with E-state index in [9.17, 15) is 4.79 Å². The standard InChI is InChI=1S/C9H17NO2S/c1-5-4-6(2)13-7(3)8(10-5)9(11)12/h5-8,10H,4H2,1-3H3,(H,11,12). The highest BCUT2D eigenvalue weighted by Gasteiger charge is 2.31. The number of nitrogens with one attached hydrogen (secondary N) is 1. The second kappa shape index (κ2) is 4.33. The highest BCUT2D eigenvalue weighted by Crippen LogP contribution is 2.27. The molecule has 0 aliphatic carbocycles. The second-order valence-corrected chi connectivity index (χ2v) is 5.59. The van der Waals surface area contributed by atoms with Crippen LogP contribution in [0.3, 0.4) is 0 Å². The van der Waals surface area contributed by atoms with Gasteiger partial charge >= 0.3 is 5.97 Å². The Morgan fingerprint density at radius 2 is 2.08 bits per heavy atom. The number of carboxylic acid groups (broad SMARTS) is 1. The number of aliphatic carboxylic acids is 1. The van der Waals surface area contributed by atoms with Crippen molar-refractivity contribution in [3.8, 4) is 0 Å². The lowest BCUT2D eigenvalue weighted by Crippen LogP contribution is -2.45. The Bertz CT molecular complexity index is 198. The zero-order valence-corrected chi connectivity index (χ0v) is 9.10. The summed E-state index contributed by atoms with van der Waals surface area (Å²) in [5, 5.41) is 12.8. The topological polar surface area (TPSA) is 49.3 Å². The molecule has 3 nitrogen and oxygen atoms in total. The first kappa shape index (κ1) is 10.9. The van der Waals surface area contributed by atoms with E-state index < -0.39 is 12.0 Å². The third-order valence-electron chi connectivity index (χ3n) is 2.33. The minimum absolute atomic E-state index is 0.150. The van der Waals surface area contributed by atoms with Crippen LogP contribution in [0.25, 0.3) is 0 Å². The molecule has 1 rings (SSSR count). The van der Waals surface area contributed by atoms with E-state index in [1.807, 2.05) is 13.8 Å². The predicted molar refractivity (Wildman–Crippen MR) is 55.2 cm³/mol. The highest BCUT2D eigenvalue weighted by atomic mass is 32.2. The van der Waals surface area contributed by atoms with Crippen molar-refractivity contribution >= 4 is 17.7 Å². The van der Waals surface area contributed by atoms with Crippen molar-refractivity contribution < 1.29 is 9.90 Å². The van der Waals surface area contributed by atoms with Gasteiger partial charge in [0.25, 0.3) is 0 Å². The van der Waals surface area contributed by atoms with Crippen LogP contribution in [-0.2, 0) is 4.79 Å². The molecule has 76 valence electrons. The highest BCUT2D eigenvalue weighted by molar-refractivity contribution is 8.00. The Kier molecular flexibility index (Phi) is 3.62. The maximum atomic E-state index is 10.9. The number of hydrogen-bond donors (Lipinski definition) is 2. The normalized spacial score (nSPS) is 41.2. The van der Waals surface area contributed by atoms with Gasteiger partial charge in [-0.2, -0.15) is 11.8 Å². The van der Waals surface area contributed by atoms with Crippen molar-refractivity contribution in [1.82, 2.24) is 5.32 Å².